The largest absolute Gasteiger partial charge is 0.316 e. The molecule has 0 spiro atoms. The molecule has 2 aromatic rings. The van der Waals surface area contributed by atoms with Crippen LogP contribution in [-0.2, 0) is 6.54 Å². The van der Waals surface area contributed by atoms with E-state index in [0.29, 0.717) is 17.6 Å². The molecule has 1 heterocycles. The Kier molecular flexibility index (Phi) is 2.67. The van der Waals surface area contributed by atoms with Crippen molar-refractivity contribution < 1.29 is 4.39 Å². The van der Waals surface area contributed by atoms with E-state index < -0.39 is 16.9 Å². The number of hydrogen-bond acceptors (Lipinski definition) is 2. The van der Waals surface area contributed by atoms with E-state index in [2.05, 4.69) is 20.9 Å². The molecular weight excluding hydrogens is 279 g/mol. The molecule has 1 N–H and O–H groups in total. The van der Waals surface area contributed by atoms with Gasteiger partial charge in [-0.3, -0.25) is 9.59 Å². The molecule has 0 amide bonds. The van der Waals surface area contributed by atoms with Gasteiger partial charge in [0.25, 0.3) is 0 Å². The van der Waals surface area contributed by atoms with Gasteiger partial charge in [-0.1, -0.05) is 0 Å². The van der Waals surface area contributed by atoms with Crippen molar-refractivity contribution in [2.75, 3.05) is 0 Å². The van der Waals surface area contributed by atoms with Crippen molar-refractivity contribution in [1.82, 2.24) is 9.55 Å². The van der Waals surface area contributed by atoms with Crippen LogP contribution >= 0.6 is 15.9 Å². The van der Waals surface area contributed by atoms with Gasteiger partial charge in [-0.05, 0) is 28.9 Å². The van der Waals surface area contributed by atoms with Crippen molar-refractivity contribution in [3.63, 3.8) is 0 Å². The summed E-state index contributed by atoms with van der Waals surface area (Å²) >= 11 is 3.02. The molecule has 0 saturated heterocycles. The van der Waals surface area contributed by atoms with Crippen molar-refractivity contribution in [2.45, 2.75) is 13.5 Å². The van der Waals surface area contributed by atoms with Gasteiger partial charge < -0.3 is 9.55 Å². The van der Waals surface area contributed by atoms with Crippen molar-refractivity contribution in [2.24, 2.45) is 0 Å². The van der Waals surface area contributed by atoms with Gasteiger partial charge >= 0.3 is 11.1 Å². The average molecular weight is 287 g/mol. The molecule has 0 radical (unpaired) electrons. The topological polar surface area (TPSA) is 54.9 Å². The highest BCUT2D eigenvalue weighted by atomic mass is 79.9. The Morgan fingerprint density at radius 1 is 1.44 bits per heavy atom. The molecule has 4 nitrogen and oxygen atoms in total. The number of benzene rings is 1. The Morgan fingerprint density at radius 2 is 2.12 bits per heavy atom. The SMILES string of the molecule is CCn1c(=O)c(=O)[nH]c2cc(Br)c(F)cc21. The smallest absolute Gasteiger partial charge is 0.316 e. The number of halogens is 2. The van der Waals surface area contributed by atoms with E-state index in [9.17, 15) is 14.0 Å². The summed E-state index contributed by atoms with van der Waals surface area (Å²) in [5.41, 5.74) is -0.558. The number of nitrogens with one attached hydrogen (secondary N) is 1. The van der Waals surface area contributed by atoms with E-state index in [1.165, 1.54) is 16.7 Å². The molecule has 0 atom stereocenters. The van der Waals surface area contributed by atoms with Crippen molar-refractivity contribution in [3.05, 3.63) is 43.1 Å². The minimum Gasteiger partial charge on any atom is -0.316 e. The summed E-state index contributed by atoms with van der Waals surface area (Å²) in [6.45, 7) is 2.04. The zero-order valence-electron chi connectivity index (χ0n) is 8.38. The first-order chi connectivity index (χ1) is 7.54. The first-order valence-corrected chi connectivity index (χ1v) is 5.45. The normalized spacial score (nSPS) is 10.9. The number of hydrogen-bond donors (Lipinski definition) is 1. The molecule has 0 aliphatic heterocycles. The van der Waals surface area contributed by atoms with E-state index in [1.54, 1.807) is 6.92 Å². The van der Waals surface area contributed by atoms with E-state index in [1.807, 2.05) is 0 Å². The van der Waals surface area contributed by atoms with Crippen LogP contribution in [0.25, 0.3) is 11.0 Å². The third-order valence-corrected chi connectivity index (χ3v) is 2.94. The highest BCUT2D eigenvalue weighted by molar-refractivity contribution is 9.10. The summed E-state index contributed by atoms with van der Waals surface area (Å²) < 4.78 is 14.8. The Labute approximate surface area is 97.8 Å². The molecule has 0 saturated carbocycles. The molecule has 16 heavy (non-hydrogen) atoms. The quantitative estimate of drug-likeness (QED) is 0.810. The minimum absolute atomic E-state index is 0.247. The average Bonchev–Trinajstić information content (AvgIpc) is 2.24. The van der Waals surface area contributed by atoms with Crippen LogP contribution in [-0.4, -0.2) is 9.55 Å². The zero-order chi connectivity index (χ0) is 11.9. The molecular formula is C10H8BrFN2O2. The van der Waals surface area contributed by atoms with Crippen LogP contribution in [0.2, 0.25) is 0 Å². The summed E-state index contributed by atoms with van der Waals surface area (Å²) in [4.78, 5) is 25.2. The maximum Gasteiger partial charge on any atom is 0.316 e. The standard InChI is InChI=1S/C10H8BrFN2O2/c1-2-14-8-4-6(12)5(11)3-7(8)13-9(15)10(14)16/h3-4H,2H2,1H3,(H,13,15). The molecule has 0 aliphatic rings. The summed E-state index contributed by atoms with van der Waals surface area (Å²) in [6, 6.07) is 2.66. The number of aromatic nitrogens is 2. The summed E-state index contributed by atoms with van der Waals surface area (Å²) in [5, 5.41) is 0. The lowest BCUT2D eigenvalue weighted by molar-refractivity contribution is 0.620. The molecule has 84 valence electrons. The Bertz CT molecular complexity index is 675. The van der Waals surface area contributed by atoms with Gasteiger partial charge in [-0.15, -0.1) is 0 Å². The lowest BCUT2D eigenvalue weighted by Gasteiger charge is -2.07. The number of fused-ring (bicyclic) bond motifs is 1. The molecule has 1 aromatic heterocycles. The molecule has 1 aromatic carbocycles. The van der Waals surface area contributed by atoms with Gasteiger partial charge in [-0.2, -0.15) is 0 Å². The van der Waals surface area contributed by atoms with Crippen LogP contribution in [0.5, 0.6) is 0 Å². The third-order valence-electron chi connectivity index (χ3n) is 2.33. The molecule has 0 fully saturated rings. The van der Waals surface area contributed by atoms with Gasteiger partial charge in [0, 0.05) is 12.6 Å². The van der Waals surface area contributed by atoms with Crippen molar-refractivity contribution >= 4 is 27.0 Å². The molecule has 0 aliphatic carbocycles. The first-order valence-electron chi connectivity index (χ1n) is 4.66. The van der Waals surface area contributed by atoms with E-state index in [-0.39, 0.29) is 4.47 Å². The fourth-order valence-electron chi connectivity index (χ4n) is 1.58. The second-order valence-corrected chi connectivity index (χ2v) is 4.14. The monoisotopic (exact) mass is 286 g/mol. The predicted molar refractivity (Wildman–Crippen MR) is 62.2 cm³/mol. The van der Waals surface area contributed by atoms with Crippen LogP contribution < -0.4 is 11.1 Å². The Hall–Kier alpha value is -1.43. The highest BCUT2D eigenvalue weighted by Gasteiger charge is 2.09. The Morgan fingerprint density at radius 3 is 2.75 bits per heavy atom. The van der Waals surface area contributed by atoms with Crippen LogP contribution in [0.3, 0.4) is 0 Å². The van der Waals surface area contributed by atoms with Crippen LogP contribution in [0.1, 0.15) is 6.92 Å². The summed E-state index contributed by atoms with van der Waals surface area (Å²) in [7, 11) is 0. The minimum atomic E-state index is -0.701. The summed E-state index contributed by atoms with van der Waals surface area (Å²) in [5.74, 6) is -0.471. The lowest BCUT2D eigenvalue weighted by Crippen LogP contribution is -2.36. The number of H-pyrrole nitrogens is 1. The third kappa shape index (κ3) is 1.59. The Balaban J connectivity index is 3.03. The fourth-order valence-corrected chi connectivity index (χ4v) is 1.92. The number of nitrogens with zero attached hydrogens (tertiary/aromatic N) is 1. The molecule has 6 heteroatoms. The number of aromatic amines is 1. The fraction of sp³-hybridized carbons (Fsp3) is 0.200. The second kappa shape index (κ2) is 3.86. The van der Waals surface area contributed by atoms with Gasteiger partial charge in [0.15, 0.2) is 0 Å². The van der Waals surface area contributed by atoms with Gasteiger partial charge in [0.1, 0.15) is 5.82 Å². The van der Waals surface area contributed by atoms with Crippen LogP contribution in [0.4, 0.5) is 4.39 Å². The van der Waals surface area contributed by atoms with Crippen LogP contribution in [0.15, 0.2) is 26.2 Å². The zero-order valence-corrected chi connectivity index (χ0v) is 9.97. The van der Waals surface area contributed by atoms with Gasteiger partial charge in [0.2, 0.25) is 0 Å². The second-order valence-electron chi connectivity index (χ2n) is 3.29. The van der Waals surface area contributed by atoms with Crippen molar-refractivity contribution in [3.8, 4) is 0 Å². The number of aryl methyl sites for hydroxylation is 1. The lowest BCUT2D eigenvalue weighted by atomic mass is 10.3. The maximum absolute atomic E-state index is 13.3. The highest BCUT2D eigenvalue weighted by Crippen LogP contribution is 2.20. The van der Waals surface area contributed by atoms with Gasteiger partial charge in [0.05, 0.1) is 15.5 Å². The van der Waals surface area contributed by atoms with E-state index in [0.717, 1.165) is 0 Å². The predicted octanol–water partition coefficient (Wildman–Crippen LogP) is 1.61. The maximum atomic E-state index is 13.3. The summed E-state index contributed by atoms with van der Waals surface area (Å²) in [6.07, 6.45) is 0. The van der Waals surface area contributed by atoms with Crippen LogP contribution in [0, 0.1) is 5.82 Å². The van der Waals surface area contributed by atoms with Crippen molar-refractivity contribution in [1.29, 1.82) is 0 Å². The number of rotatable bonds is 1. The van der Waals surface area contributed by atoms with Gasteiger partial charge in [-0.25, -0.2) is 4.39 Å². The van der Waals surface area contributed by atoms with E-state index in [4.69, 9.17) is 0 Å². The first kappa shape index (κ1) is 11.1. The molecule has 2 rings (SSSR count). The molecule has 0 bridgehead atoms. The molecule has 0 unspecified atom stereocenters. The van der Waals surface area contributed by atoms with E-state index >= 15 is 0 Å².